The maximum absolute atomic E-state index is 14.0. The van der Waals surface area contributed by atoms with Crippen LogP contribution in [-0.2, 0) is 11.8 Å². The highest BCUT2D eigenvalue weighted by Gasteiger charge is 2.47. The molecule has 5 rings (SSSR count). The van der Waals surface area contributed by atoms with E-state index in [9.17, 15) is 14.0 Å². The van der Waals surface area contributed by atoms with Crippen LogP contribution in [0.25, 0.3) is 5.69 Å². The van der Waals surface area contributed by atoms with Gasteiger partial charge >= 0.3 is 6.09 Å². The molecule has 180 valence electrons. The zero-order valence-electron chi connectivity index (χ0n) is 18.8. The molecule has 0 atom stereocenters. The Morgan fingerprint density at radius 1 is 1.15 bits per heavy atom. The van der Waals surface area contributed by atoms with Crippen molar-refractivity contribution in [2.75, 3.05) is 23.3 Å². The second kappa shape index (κ2) is 9.50. The minimum atomic E-state index is -0.477. The topological polar surface area (TPSA) is 81.4 Å². The second-order valence-corrected chi connectivity index (χ2v) is 8.89. The standard InChI is InChI=1S/C24H26FN5O3.ClH/c1-28-15-18(6-7-22(28)31)29-16-24(33-23(29)32)11-8-17(9-12-24)14-26-21-10-13-30(27-21)20-5-3-2-4-19(20)25;/h2-7,10,13,15,17H,8-9,11-12,14,16H2,1H3,(H,26,27);1H. The van der Waals surface area contributed by atoms with Gasteiger partial charge in [0, 0.05) is 38.1 Å². The third-order valence-corrected chi connectivity index (χ3v) is 6.63. The van der Waals surface area contributed by atoms with Crippen LogP contribution in [0, 0.1) is 11.7 Å². The fourth-order valence-electron chi connectivity index (χ4n) is 4.67. The predicted molar refractivity (Wildman–Crippen MR) is 129 cm³/mol. The number of anilines is 2. The number of aromatic nitrogens is 3. The second-order valence-electron chi connectivity index (χ2n) is 8.89. The number of para-hydroxylation sites is 1. The summed E-state index contributed by atoms with van der Waals surface area (Å²) in [5.74, 6) is 0.814. The van der Waals surface area contributed by atoms with Crippen molar-refractivity contribution in [1.29, 1.82) is 0 Å². The molecular formula is C24H27ClFN5O3. The van der Waals surface area contributed by atoms with E-state index in [2.05, 4.69) is 10.4 Å². The van der Waals surface area contributed by atoms with Gasteiger partial charge < -0.3 is 14.6 Å². The molecule has 3 aromatic rings. The van der Waals surface area contributed by atoms with Crippen molar-refractivity contribution in [2.45, 2.75) is 31.3 Å². The van der Waals surface area contributed by atoms with Crippen LogP contribution in [0.1, 0.15) is 25.7 Å². The van der Waals surface area contributed by atoms with Gasteiger partial charge in [0.05, 0.1) is 12.2 Å². The lowest BCUT2D eigenvalue weighted by Crippen LogP contribution is -2.39. The van der Waals surface area contributed by atoms with Crippen LogP contribution in [0.4, 0.5) is 20.7 Å². The number of hydrogen-bond acceptors (Lipinski definition) is 5. The van der Waals surface area contributed by atoms with Crippen molar-refractivity contribution in [2.24, 2.45) is 13.0 Å². The van der Waals surface area contributed by atoms with Crippen LogP contribution in [0.2, 0.25) is 0 Å². The van der Waals surface area contributed by atoms with E-state index < -0.39 is 5.60 Å². The summed E-state index contributed by atoms with van der Waals surface area (Å²) in [6.07, 6.45) is 6.48. The van der Waals surface area contributed by atoms with E-state index in [1.165, 1.54) is 21.4 Å². The van der Waals surface area contributed by atoms with Crippen molar-refractivity contribution >= 4 is 30.0 Å². The van der Waals surface area contributed by atoms with E-state index in [1.807, 2.05) is 6.07 Å². The number of pyridine rings is 1. The maximum Gasteiger partial charge on any atom is 0.415 e. The quantitative estimate of drug-likeness (QED) is 0.585. The number of carbonyl (C=O) groups excluding carboxylic acids is 1. The van der Waals surface area contributed by atoms with Gasteiger partial charge in [-0.15, -0.1) is 12.4 Å². The first-order valence-corrected chi connectivity index (χ1v) is 11.1. The van der Waals surface area contributed by atoms with Gasteiger partial charge in [0.25, 0.3) is 0 Å². The van der Waals surface area contributed by atoms with Crippen molar-refractivity contribution in [1.82, 2.24) is 14.3 Å². The summed E-state index contributed by atoms with van der Waals surface area (Å²) in [5, 5.41) is 7.78. The number of rotatable bonds is 5. The van der Waals surface area contributed by atoms with E-state index >= 15 is 0 Å². The lowest BCUT2D eigenvalue weighted by molar-refractivity contribution is 0.0148. The van der Waals surface area contributed by atoms with Crippen LogP contribution in [0.5, 0.6) is 0 Å². The highest BCUT2D eigenvalue weighted by Crippen LogP contribution is 2.40. The summed E-state index contributed by atoms with van der Waals surface area (Å²) in [6.45, 7) is 1.25. The smallest absolute Gasteiger partial charge is 0.415 e. The van der Waals surface area contributed by atoms with Crippen LogP contribution in [-0.4, -0.2) is 39.1 Å². The Bertz CT molecular complexity index is 1240. The molecule has 10 heteroatoms. The van der Waals surface area contributed by atoms with Gasteiger partial charge in [-0.2, -0.15) is 5.10 Å². The van der Waals surface area contributed by atoms with Crippen molar-refractivity contribution in [3.8, 4) is 5.69 Å². The molecule has 1 amide bonds. The van der Waals surface area contributed by atoms with Crippen LogP contribution >= 0.6 is 12.4 Å². The number of nitrogens with zero attached hydrogens (tertiary/aromatic N) is 4. The molecule has 2 aliphatic rings. The van der Waals surface area contributed by atoms with Crippen LogP contribution in [0.15, 0.2) is 59.7 Å². The number of nitrogens with one attached hydrogen (secondary N) is 1. The van der Waals surface area contributed by atoms with Crippen molar-refractivity contribution < 1.29 is 13.9 Å². The van der Waals surface area contributed by atoms with Crippen LogP contribution in [0.3, 0.4) is 0 Å². The molecule has 8 nitrogen and oxygen atoms in total. The van der Waals surface area contributed by atoms with E-state index in [4.69, 9.17) is 4.74 Å². The van der Waals surface area contributed by atoms with Gasteiger partial charge in [-0.25, -0.2) is 13.9 Å². The summed E-state index contributed by atoms with van der Waals surface area (Å²) in [5.41, 5.74) is 0.492. The first-order valence-electron chi connectivity index (χ1n) is 11.1. The summed E-state index contributed by atoms with van der Waals surface area (Å²) in [6, 6.07) is 11.5. The highest BCUT2D eigenvalue weighted by molar-refractivity contribution is 5.90. The summed E-state index contributed by atoms with van der Waals surface area (Å²) >= 11 is 0. The zero-order valence-corrected chi connectivity index (χ0v) is 19.6. The molecule has 0 radical (unpaired) electrons. The Kier molecular flexibility index (Phi) is 6.65. The van der Waals surface area contributed by atoms with Gasteiger partial charge in [0.2, 0.25) is 5.56 Å². The van der Waals surface area contributed by atoms with Gasteiger partial charge in [-0.3, -0.25) is 9.69 Å². The van der Waals surface area contributed by atoms with Crippen molar-refractivity contribution in [3.05, 3.63) is 71.0 Å². The minimum Gasteiger partial charge on any atom is -0.441 e. The van der Waals surface area contributed by atoms with Gasteiger partial charge in [0.1, 0.15) is 22.9 Å². The molecule has 2 aromatic heterocycles. The Balaban J connectivity index is 0.00000274. The summed E-state index contributed by atoms with van der Waals surface area (Å²) < 4.78 is 22.8. The molecule has 0 unspecified atom stereocenters. The molecule has 1 aliphatic heterocycles. The fourth-order valence-corrected chi connectivity index (χ4v) is 4.67. The monoisotopic (exact) mass is 487 g/mol. The first-order chi connectivity index (χ1) is 15.9. The lowest BCUT2D eigenvalue weighted by atomic mass is 9.78. The molecule has 1 saturated heterocycles. The molecule has 1 saturated carbocycles. The lowest BCUT2D eigenvalue weighted by Gasteiger charge is -2.35. The largest absolute Gasteiger partial charge is 0.441 e. The maximum atomic E-state index is 14.0. The Morgan fingerprint density at radius 3 is 2.65 bits per heavy atom. The molecule has 34 heavy (non-hydrogen) atoms. The third kappa shape index (κ3) is 4.65. The third-order valence-electron chi connectivity index (χ3n) is 6.63. The molecule has 2 fully saturated rings. The van der Waals surface area contributed by atoms with Crippen LogP contribution < -0.4 is 15.8 Å². The molecule has 0 bridgehead atoms. The molecule has 1 aliphatic carbocycles. The molecule has 1 spiro atoms. The Labute approximate surface area is 202 Å². The van der Waals surface area contributed by atoms with Gasteiger partial charge in [-0.1, -0.05) is 12.1 Å². The average molecular weight is 488 g/mol. The molecule has 1 N–H and O–H groups in total. The number of benzene rings is 1. The summed E-state index contributed by atoms with van der Waals surface area (Å²) in [7, 11) is 1.67. The number of ether oxygens (including phenoxy) is 1. The van der Waals surface area contributed by atoms with E-state index in [0.29, 0.717) is 29.7 Å². The number of carbonyl (C=O) groups is 1. The van der Waals surface area contributed by atoms with Gasteiger partial charge in [0.15, 0.2) is 0 Å². The van der Waals surface area contributed by atoms with E-state index in [0.717, 1.165) is 32.2 Å². The number of halogens is 2. The average Bonchev–Trinajstić information content (AvgIpc) is 3.40. The molecular weight excluding hydrogens is 461 g/mol. The number of aryl methyl sites for hydroxylation is 1. The summed E-state index contributed by atoms with van der Waals surface area (Å²) in [4.78, 5) is 25.8. The Hall–Kier alpha value is -3.33. The normalized spacial score (nSPS) is 21.9. The SMILES string of the molecule is Cl.Cn1cc(N2CC3(CCC(CNc4ccn(-c5ccccc5F)n4)CC3)OC2=O)ccc1=O. The number of amides is 1. The van der Waals surface area contributed by atoms with Gasteiger partial charge in [-0.05, 0) is 49.8 Å². The fraction of sp³-hybridized carbons (Fsp3) is 0.375. The highest BCUT2D eigenvalue weighted by atomic mass is 35.5. The zero-order chi connectivity index (χ0) is 23.0. The first kappa shape index (κ1) is 23.8. The predicted octanol–water partition coefficient (Wildman–Crippen LogP) is 4.13. The molecule has 3 heterocycles. The van der Waals surface area contributed by atoms with E-state index in [-0.39, 0.29) is 29.9 Å². The minimum absolute atomic E-state index is 0. The Morgan fingerprint density at radius 2 is 1.91 bits per heavy atom. The van der Waals surface area contributed by atoms with Crippen molar-refractivity contribution in [3.63, 3.8) is 0 Å². The number of hydrogen-bond donors (Lipinski definition) is 1. The molecule has 1 aromatic carbocycles. The van der Waals surface area contributed by atoms with E-state index in [1.54, 1.807) is 48.6 Å².